The molecule has 0 aliphatic rings. The van der Waals surface area contributed by atoms with Crippen LogP contribution in [0.5, 0.6) is 0 Å². The average molecular weight is 195 g/mol. The Morgan fingerprint density at radius 1 is 1.57 bits per heavy atom. The second kappa shape index (κ2) is 5.16. The van der Waals surface area contributed by atoms with Crippen LogP contribution in [0.2, 0.25) is 0 Å². The van der Waals surface area contributed by atoms with E-state index in [1.54, 1.807) is 6.07 Å². The van der Waals surface area contributed by atoms with Crippen molar-refractivity contribution in [1.82, 2.24) is 15.5 Å². The van der Waals surface area contributed by atoms with Gasteiger partial charge in [0, 0.05) is 12.6 Å². The van der Waals surface area contributed by atoms with Gasteiger partial charge in [0.2, 0.25) is 5.91 Å². The number of aromatic nitrogens is 2. The van der Waals surface area contributed by atoms with Gasteiger partial charge in [-0.05, 0) is 12.5 Å². The molecule has 0 unspecified atom stereocenters. The number of hydrogen-bond donors (Lipinski definition) is 2. The molecule has 5 nitrogen and oxygen atoms in total. The zero-order chi connectivity index (χ0) is 10.4. The van der Waals surface area contributed by atoms with E-state index in [2.05, 4.69) is 15.5 Å². The van der Waals surface area contributed by atoms with Crippen LogP contribution in [0, 0.1) is 0 Å². The molecule has 0 aliphatic heterocycles. The topological polar surface area (TPSA) is 74.8 Å². The first kappa shape index (κ1) is 10.4. The van der Waals surface area contributed by atoms with Gasteiger partial charge in [-0.15, -0.1) is 0 Å². The van der Waals surface area contributed by atoms with Gasteiger partial charge in [-0.3, -0.25) is 9.59 Å². The molecule has 1 rings (SSSR count). The fraction of sp³-hybridized carbons (Fsp3) is 0.444. The lowest BCUT2D eigenvalue weighted by molar-refractivity contribution is -0.120. The number of carbonyl (C=O) groups is 1. The lowest BCUT2D eigenvalue weighted by Crippen LogP contribution is -2.26. The van der Waals surface area contributed by atoms with Gasteiger partial charge in [-0.2, -0.15) is 5.10 Å². The maximum atomic E-state index is 11.2. The number of amides is 1. The summed E-state index contributed by atoms with van der Waals surface area (Å²) in [7, 11) is 0. The highest BCUT2D eigenvalue weighted by Crippen LogP contribution is 1.90. The molecule has 0 aromatic carbocycles. The first-order valence-corrected chi connectivity index (χ1v) is 4.53. The fourth-order valence-electron chi connectivity index (χ4n) is 0.963. The molecule has 0 saturated heterocycles. The van der Waals surface area contributed by atoms with Crippen molar-refractivity contribution < 1.29 is 4.79 Å². The van der Waals surface area contributed by atoms with E-state index < -0.39 is 0 Å². The zero-order valence-corrected chi connectivity index (χ0v) is 8.04. The Labute approximate surface area is 81.5 Å². The van der Waals surface area contributed by atoms with Gasteiger partial charge in [0.15, 0.2) is 0 Å². The van der Waals surface area contributed by atoms with Crippen molar-refractivity contribution in [1.29, 1.82) is 0 Å². The van der Waals surface area contributed by atoms with E-state index in [-0.39, 0.29) is 17.9 Å². The van der Waals surface area contributed by atoms with Crippen LogP contribution in [0.15, 0.2) is 16.9 Å². The van der Waals surface area contributed by atoms with Crippen molar-refractivity contribution in [3.8, 4) is 0 Å². The zero-order valence-electron chi connectivity index (χ0n) is 8.04. The molecule has 0 spiro atoms. The molecular formula is C9H13N3O2. The Hall–Kier alpha value is -1.65. The maximum Gasteiger partial charge on any atom is 0.264 e. The standard InChI is InChI=1S/C9H13N3O2/c1-2-5-10-9(14)6-7-3-4-8(13)12-11-7/h3-4H,2,5-6H2,1H3,(H,10,14)(H,12,13). The molecule has 0 bridgehead atoms. The van der Waals surface area contributed by atoms with Crippen LogP contribution in [-0.4, -0.2) is 22.6 Å². The van der Waals surface area contributed by atoms with Crippen LogP contribution in [0.4, 0.5) is 0 Å². The third-order valence-electron chi connectivity index (χ3n) is 1.65. The minimum Gasteiger partial charge on any atom is -0.356 e. The predicted molar refractivity (Wildman–Crippen MR) is 51.9 cm³/mol. The molecule has 2 N–H and O–H groups in total. The van der Waals surface area contributed by atoms with E-state index in [1.807, 2.05) is 6.92 Å². The van der Waals surface area contributed by atoms with Crippen LogP contribution in [0.25, 0.3) is 0 Å². The highest BCUT2D eigenvalue weighted by Gasteiger charge is 2.02. The fourth-order valence-corrected chi connectivity index (χ4v) is 0.963. The van der Waals surface area contributed by atoms with Gasteiger partial charge in [-0.25, -0.2) is 5.10 Å². The highest BCUT2D eigenvalue weighted by atomic mass is 16.1. The molecule has 1 aromatic rings. The monoisotopic (exact) mass is 195 g/mol. The smallest absolute Gasteiger partial charge is 0.264 e. The van der Waals surface area contributed by atoms with Gasteiger partial charge in [0.1, 0.15) is 0 Å². The summed E-state index contributed by atoms with van der Waals surface area (Å²) in [5.41, 5.74) is 0.306. The second-order valence-corrected chi connectivity index (χ2v) is 2.94. The van der Waals surface area contributed by atoms with Crippen LogP contribution in [0.3, 0.4) is 0 Å². The molecule has 1 heterocycles. The molecule has 5 heteroatoms. The first-order chi connectivity index (χ1) is 6.72. The van der Waals surface area contributed by atoms with Crippen molar-refractivity contribution in [3.63, 3.8) is 0 Å². The summed E-state index contributed by atoms with van der Waals surface area (Å²) in [6.45, 7) is 2.65. The van der Waals surface area contributed by atoms with Crippen molar-refractivity contribution >= 4 is 5.91 Å². The maximum absolute atomic E-state index is 11.2. The molecule has 14 heavy (non-hydrogen) atoms. The number of carbonyl (C=O) groups excluding carboxylic acids is 1. The molecule has 76 valence electrons. The highest BCUT2D eigenvalue weighted by molar-refractivity contribution is 5.77. The van der Waals surface area contributed by atoms with E-state index in [0.717, 1.165) is 6.42 Å². The van der Waals surface area contributed by atoms with Gasteiger partial charge < -0.3 is 5.32 Å². The Bertz CT molecular complexity index is 339. The quantitative estimate of drug-likeness (QED) is 0.701. The Kier molecular flexibility index (Phi) is 3.84. The Balaban J connectivity index is 2.48. The molecular weight excluding hydrogens is 182 g/mol. The summed E-state index contributed by atoms with van der Waals surface area (Å²) in [5, 5.41) is 8.73. The van der Waals surface area contributed by atoms with E-state index in [4.69, 9.17) is 0 Å². The van der Waals surface area contributed by atoms with Crippen LogP contribution < -0.4 is 10.9 Å². The number of nitrogens with zero attached hydrogens (tertiary/aromatic N) is 1. The van der Waals surface area contributed by atoms with Crippen molar-refractivity contribution in [2.45, 2.75) is 19.8 Å². The Morgan fingerprint density at radius 3 is 2.93 bits per heavy atom. The molecule has 1 aromatic heterocycles. The third kappa shape index (κ3) is 3.38. The second-order valence-electron chi connectivity index (χ2n) is 2.94. The average Bonchev–Trinajstić information content (AvgIpc) is 2.18. The number of hydrogen-bond acceptors (Lipinski definition) is 3. The third-order valence-corrected chi connectivity index (χ3v) is 1.65. The number of rotatable bonds is 4. The predicted octanol–water partition coefficient (Wildman–Crippen LogP) is -0.161. The molecule has 0 aliphatic carbocycles. The van der Waals surface area contributed by atoms with Gasteiger partial charge >= 0.3 is 0 Å². The lowest BCUT2D eigenvalue weighted by atomic mass is 10.3. The van der Waals surface area contributed by atoms with Crippen molar-refractivity contribution in [2.75, 3.05) is 6.54 Å². The summed E-state index contributed by atoms with van der Waals surface area (Å²) >= 11 is 0. The van der Waals surface area contributed by atoms with Crippen molar-refractivity contribution in [3.05, 3.63) is 28.2 Å². The largest absolute Gasteiger partial charge is 0.356 e. The van der Waals surface area contributed by atoms with Crippen molar-refractivity contribution in [2.24, 2.45) is 0 Å². The number of aromatic amines is 1. The van der Waals surface area contributed by atoms with Gasteiger partial charge in [0.25, 0.3) is 5.56 Å². The van der Waals surface area contributed by atoms with Gasteiger partial charge in [0.05, 0.1) is 12.1 Å². The summed E-state index contributed by atoms with van der Waals surface area (Å²) in [4.78, 5) is 21.9. The summed E-state index contributed by atoms with van der Waals surface area (Å²) in [6, 6.07) is 2.90. The minimum absolute atomic E-state index is 0.0774. The molecule has 0 fully saturated rings. The van der Waals surface area contributed by atoms with Crippen LogP contribution in [0.1, 0.15) is 19.0 Å². The number of nitrogens with one attached hydrogen (secondary N) is 2. The van der Waals surface area contributed by atoms with E-state index in [9.17, 15) is 9.59 Å². The van der Waals surface area contributed by atoms with Gasteiger partial charge in [-0.1, -0.05) is 6.92 Å². The van der Waals surface area contributed by atoms with E-state index in [0.29, 0.717) is 12.2 Å². The summed E-state index contributed by atoms with van der Waals surface area (Å²) in [6.07, 6.45) is 1.11. The van der Waals surface area contributed by atoms with Crippen LogP contribution >= 0.6 is 0 Å². The minimum atomic E-state index is -0.261. The van der Waals surface area contributed by atoms with E-state index in [1.165, 1.54) is 6.07 Å². The first-order valence-electron chi connectivity index (χ1n) is 4.53. The molecule has 0 radical (unpaired) electrons. The lowest BCUT2D eigenvalue weighted by Gasteiger charge is -2.01. The molecule has 0 saturated carbocycles. The molecule has 0 atom stereocenters. The SMILES string of the molecule is CCCNC(=O)Cc1ccc(=O)[nH]n1. The van der Waals surface area contributed by atoms with E-state index >= 15 is 0 Å². The van der Waals surface area contributed by atoms with Crippen LogP contribution in [-0.2, 0) is 11.2 Å². The summed E-state index contributed by atoms with van der Waals surface area (Å²) < 4.78 is 0. The normalized spacial score (nSPS) is 9.79. The Morgan fingerprint density at radius 2 is 2.36 bits per heavy atom. The number of H-pyrrole nitrogens is 1. The molecule has 1 amide bonds. The summed E-state index contributed by atoms with van der Waals surface area (Å²) in [5.74, 6) is -0.0774.